The van der Waals surface area contributed by atoms with E-state index in [0.717, 1.165) is 12.8 Å². The number of pyridine rings is 1. The molecule has 5 heteroatoms. The number of nitrogens with zero attached hydrogens (tertiary/aromatic N) is 1. The van der Waals surface area contributed by atoms with E-state index in [1.165, 1.54) is 77.2 Å². The number of rotatable bonds is 15. The first kappa shape index (κ1) is 27.1. The minimum Gasteiger partial charge on any atom is -0.420 e. The second kappa shape index (κ2) is 14.2. The lowest BCUT2D eigenvalue weighted by Gasteiger charge is -2.19. The van der Waals surface area contributed by atoms with Crippen molar-refractivity contribution in [2.45, 2.75) is 118 Å². The first-order chi connectivity index (χ1) is 14.7. The molecule has 0 fully saturated rings. The van der Waals surface area contributed by atoms with Gasteiger partial charge < -0.3 is 9.30 Å². The number of hydrogen-bond donors (Lipinski definition) is 0. The van der Waals surface area contributed by atoms with E-state index in [2.05, 4.69) is 6.92 Å². The molecule has 1 aromatic rings. The summed E-state index contributed by atoms with van der Waals surface area (Å²) < 4.78 is 7.12. The third-order valence-electron chi connectivity index (χ3n) is 5.53. The van der Waals surface area contributed by atoms with Crippen molar-refractivity contribution in [3.63, 3.8) is 0 Å². The molecule has 0 spiro atoms. The van der Waals surface area contributed by atoms with Gasteiger partial charge >= 0.3 is 5.97 Å². The average molecular weight is 434 g/mol. The predicted molar refractivity (Wildman–Crippen MR) is 127 cm³/mol. The van der Waals surface area contributed by atoms with Crippen LogP contribution in [-0.2, 0) is 11.3 Å². The number of Topliss-reactive ketones (excluding diaryl/α,β-unsaturated/α-hetero) is 1. The smallest absolute Gasteiger partial charge is 0.316 e. The van der Waals surface area contributed by atoms with Gasteiger partial charge in [0.05, 0.1) is 5.41 Å². The van der Waals surface area contributed by atoms with Crippen molar-refractivity contribution < 1.29 is 14.3 Å². The molecule has 0 aromatic carbocycles. The fourth-order valence-electron chi connectivity index (χ4n) is 3.57. The largest absolute Gasteiger partial charge is 0.420 e. The first-order valence-corrected chi connectivity index (χ1v) is 12.1. The molecule has 1 rings (SSSR count). The van der Waals surface area contributed by atoms with E-state index in [1.54, 1.807) is 31.5 Å². The highest BCUT2D eigenvalue weighted by Gasteiger charge is 2.27. The van der Waals surface area contributed by atoms with Gasteiger partial charge in [0.15, 0.2) is 5.78 Å². The highest BCUT2D eigenvalue weighted by Crippen LogP contribution is 2.21. The van der Waals surface area contributed by atoms with Gasteiger partial charge in [0, 0.05) is 25.7 Å². The fraction of sp³-hybridized carbons (Fsp3) is 0.731. The molecule has 1 aromatic heterocycles. The quantitative estimate of drug-likeness (QED) is 0.175. The van der Waals surface area contributed by atoms with Crippen molar-refractivity contribution in [1.82, 2.24) is 4.57 Å². The predicted octanol–water partition coefficient (Wildman–Crippen LogP) is 6.70. The van der Waals surface area contributed by atoms with Gasteiger partial charge in [-0.15, -0.1) is 0 Å². The van der Waals surface area contributed by atoms with E-state index < -0.39 is 16.8 Å². The van der Waals surface area contributed by atoms with Crippen molar-refractivity contribution in [2.75, 3.05) is 0 Å². The Kier molecular flexibility index (Phi) is 12.4. The van der Waals surface area contributed by atoms with E-state index in [9.17, 15) is 14.4 Å². The molecule has 0 unspecified atom stereocenters. The van der Waals surface area contributed by atoms with Crippen LogP contribution in [0, 0.1) is 5.41 Å². The van der Waals surface area contributed by atoms with Gasteiger partial charge in [-0.25, -0.2) is 0 Å². The van der Waals surface area contributed by atoms with Crippen LogP contribution in [0.25, 0.3) is 0 Å². The summed E-state index contributed by atoms with van der Waals surface area (Å²) in [7, 11) is 0. The number of carbonyl (C=O) groups excluding carboxylic acids is 2. The van der Waals surface area contributed by atoms with Crippen molar-refractivity contribution in [3.8, 4) is 5.75 Å². The molecule has 0 aliphatic carbocycles. The molecule has 0 radical (unpaired) electrons. The lowest BCUT2D eigenvalue weighted by Crippen LogP contribution is -2.29. The Morgan fingerprint density at radius 1 is 0.871 bits per heavy atom. The number of aryl methyl sites for hydroxylation is 1. The Balaban J connectivity index is 2.48. The summed E-state index contributed by atoms with van der Waals surface area (Å²) in [6, 6.07) is 1.37. The topological polar surface area (TPSA) is 65.4 Å². The maximum absolute atomic E-state index is 12.3. The van der Waals surface area contributed by atoms with Gasteiger partial charge in [-0.3, -0.25) is 14.4 Å². The summed E-state index contributed by atoms with van der Waals surface area (Å²) in [6.07, 6.45) is 16.8. The van der Waals surface area contributed by atoms with Crippen molar-refractivity contribution in [1.29, 1.82) is 0 Å². The molecule has 0 amide bonds. The van der Waals surface area contributed by atoms with Gasteiger partial charge in [-0.05, 0) is 27.2 Å². The Hall–Kier alpha value is -1.91. The number of ketones is 1. The van der Waals surface area contributed by atoms with Crippen LogP contribution in [0.2, 0.25) is 0 Å². The standard InChI is InChI=1S/C26H43NO4/c1-6-7-8-9-10-11-12-13-14-15-16-17-19-27-20-18-22(29)24(23(27)21(2)28)31-25(30)26(3,4)5/h18,20H,6-17,19H2,1-5H3. The molecular formula is C26H43NO4. The molecule has 31 heavy (non-hydrogen) atoms. The molecule has 0 bridgehead atoms. The number of ether oxygens (including phenoxy) is 1. The summed E-state index contributed by atoms with van der Waals surface area (Å²) >= 11 is 0. The Morgan fingerprint density at radius 3 is 1.81 bits per heavy atom. The molecule has 176 valence electrons. The number of unbranched alkanes of at least 4 members (excludes halogenated alkanes) is 11. The molecule has 0 aliphatic heterocycles. The van der Waals surface area contributed by atoms with E-state index >= 15 is 0 Å². The maximum Gasteiger partial charge on any atom is 0.316 e. The fourth-order valence-corrected chi connectivity index (χ4v) is 3.57. The zero-order valence-electron chi connectivity index (χ0n) is 20.4. The van der Waals surface area contributed by atoms with Gasteiger partial charge in [0.25, 0.3) is 0 Å². The second-order valence-corrected chi connectivity index (χ2v) is 9.64. The minimum atomic E-state index is -0.753. The lowest BCUT2D eigenvalue weighted by molar-refractivity contribution is -0.143. The van der Waals surface area contributed by atoms with Crippen LogP contribution in [0.5, 0.6) is 5.75 Å². The number of aromatic nitrogens is 1. The summed E-state index contributed by atoms with van der Waals surface area (Å²) in [6.45, 7) is 9.44. The first-order valence-electron chi connectivity index (χ1n) is 12.1. The average Bonchev–Trinajstić information content (AvgIpc) is 2.69. The van der Waals surface area contributed by atoms with Crippen LogP contribution in [0.1, 0.15) is 122 Å². The summed E-state index contributed by atoms with van der Waals surface area (Å²) in [5.41, 5.74) is -1.00. The van der Waals surface area contributed by atoms with E-state index in [4.69, 9.17) is 4.74 Å². The third-order valence-corrected chi connectivity index (χ3v) is 5.53. The molecule has 0 atom stereocenters. The lowest BCUT2D eigenvalue weighted by atomic mass is 9.97. The van der Waals surface area contributed by atoms with Crippen LogP contribution in [0.3, 0.4) is 0 Å². The van der Waals surface area contributed by atoms with Crippen molar-refractivity contribution in [2.24, 2.45) is 5.41 Å². The molecule has 0 saturated carbocycles. The number of esters is 1. The normalized spacial score (nSPS) is 11.5. The molecule has 0 N–H and O–H groups in total. The highest BCUT2D eigenvalue weighted by molar-refractivity contribution is 5.96. The summed E-state index contributed by atoms with van der Waals surface area (Å²) in [4.78, 5) is 36.8. The van der Waals surface area contributed by atoms with Crippen molar-refractivity contribution >= 4 is 11.8 Å². The molecule has 0 aliphatic rings. The highest BCUT2D eigenvalue weighted by atomic mass is 16.5. The Labute approximate surface area is 188 Å². The van der Waals surface area contributed by atoms with Crippen LogP contribution < -0.4 is 10.2 Å². The summed E-state index contributed by atoms with van der Waals surface area (Å²) in [5.74, 6) is -0.933. The van der Waals surface area contributed by atoms with Crippen molar-refractivity contribution in [3.05, 3.63) is 28.2 Å². The zero-order valence-corrected chi connectivity index (χ0v) is 20.4. The van der Waals surface area contributed by atoms with Crippen LogP contribution in [-0.4, -0.2) is 16.3 Å². The molecular weight excluding hydrogens is 390 g/mol. The van der Waals surface area contributed by atoms with Crippen LogP contribution in [0.4, 0.5) is 0 Å². The van der Waals surface area contributed by atoms with Gasteiger partial charge in [-0.1, -0.05) is 77.6 Å². The van der Waals surface area contributed by atoms with E-state index in [0.29, 0.717) is 6.54 Å². The molecule has 0 saturated heterocycles. The third kappa shape index (κ3) is 10.3. The van der Waals surface area contributed by atoms with Gasteiger partial charge in [0.2, 0.25) is 11.2 Å². The Morgan fingerprint density at radius 2 is 1.35 bits per heavy atom. The van der Waals surface area contributed by atoms with Crippen LogP contribution >= 0.6 is 0 Å². The van der Waals surface area contributed by atoms with E-state index in [1.807, 2.05) is 0 Å². The Bertz CT molecular complexity index is 743. The second-order valence-electron chi connectivity index (χ2n) is 9.64. The minimum absolute atomic E-state index is 0.145. The molecule has 5 nitrogen and oxygen atoms in total. The maximum atomic E-state index is 12.3. The molecule has 1 heterocycles. The zero-order chi connectivity index (χ0) is 23.3. The van der Waals surface area contributed by atoms with Gasteiger partial charge in [-0.2, -0.15) is 0 Å². The number of hydrogen-bond acceptors (Lipinski definition) is 4. The summed E-state index contributed by atoms with van der Waals surface area (Å²) in [5, 5.41) is 0. The van der Waals surface area contributed by atoms with E-state index in [-0.39, 0.29) is 17.2 Å². The van der Waals surface area contributed by atoms with Gasteiger partial charge in [0.1, 0.15) is 5.69 Å². The monoisotopic (exact) mass is 433 g/mol. The van der Waals surface area contributed by atoms with Crippen LogP contribution in [0.15, 0.2) is 17.1 Å². The number of carbonyl (C=O) groups is 2. The SMILES string of the molecule is CCCCCCCCCCCCCCn1ccc(=O)c(OC(=O)C(C)(C)C)c1C(C)=O.